The summed E-state index contributed by atoms with van der Waals surface area (Å²) < 4.78 is 0. The summed E-state index contributed by atoms with van der Waals surface area (Å²) in [6.45, 7) is 6.78. The van der Waals surface area contributed by atoms with E-state index in [2.05, 4.69) is 20.9 Å². The van der Waals surface area contributed by atoms with Gasteiger partial charge in [0.1, 0.15) is 5.69 Å². The van der Waals surface area contributed by atoms with Crippen LogP contribution in [0.5, 0.6) is 0 Å². The third-order valence-electron chi connectivity index (χ3n) is 2.46. The van der Waals surface area contributed by atoms with Crippen molar-refractivity contribution >= 4 is 17.5 Å². The third-order valence-corrected chi connectivity index (χ3v) is 2.46. The highest BCUT2D eigenvalue weighted by atomic mass is 16.2. The molecule has 0 aliphatic rings. The summed E-state index contributed by atoms with van der Waals surface area (Å²) in [5.74, 6) is -0.195. The van der Waals surface area contributed by atoms with Gasteiger partial charge in [-0.3, -0.25) is 14.6 Å². The van der Waals surface area contributed by atoms with Crippen LogP contribution in [0.1, 0.15) is 37.7 Å². The molecule has 6 heteroatoms. The van der Waals surface area contributed by atoms with Crippen LogP contribution in [0, 0.1) is 0 Å². The zero-order valence-electron chi connectivity index (χ0n) is 12.2. The minimum atomic E-state index is -0.200. The first-order chi connectivity index (χ1) is 9.52. The smallest absolute Gasteiger partial charge is 0.269 e. The highest BCUT2D eigenvalue weighted by molar-refractivity contribution is 5.93. The fourth-order valence-corrected chi connectivity index (χ4v) is 1.63. The van der Waals surface area contributed by atoms with Gasteiger partial charge in [0.25, 0.3) is 5.91 Å². The van der Waals surface area contributed by atoms with Crippen LogP contribution in [-0.4, -0.2) is 35.9 Å². The largest absolute Gasteiger partial charge is 0.384 e. The summed E-state index contributed by atoms with van der Waals surface area (Å²) in [5.41, 5.74) is 1.14. The van der Waals surface area contributed by atoms with Gasteiger partial charge in [0.15, 0.2) is 0 Å². The average Bonchev–Trinajstić information content (AvgIpc) is 2.38. The average molecular weight is 278 g/mol. The molecule has 0 aliphatic heterocycles. The van der Waals surface area contributed by atoms with Gasteiger partial charge in [0, 0.05) is 37.4 Å². The SMILES string of the molecule is CCNC(=O)c1cc(NCCC(=O)NC(C)C)ccn1. The Kier molecular flexibility index (Phi) is 6.49. The van der Waals surface area contributed by atoms with Crippen molar-refractivity contribution in [2.45, 2.75) is 33.2 Å². The monoisotopic (exact) mass is 278 g/mol. The van der Waals surface area contributed by atoms with Crippen LogP contribution in [0.15, 0.2) is 18.3 Å². The van der Waals surface area contributed by atoms with Gasteiger partial charge in [0.2, 0.25) is 5.91 Å². The van der Waals surface area contributed by atoms with Crippen molar-refractivity contribution in [3.8, 4) is 0 Å². The van der Waals surface area contributed by atoms with Gasteiger partial charge in [0.05, 0.1) is 0 Å². The molecule has 0 atom stereocenters. The highest BCUT2D eigenvalue weighted by Crippen LogP contribution is 2.07. The Morgan fingerprint density at radius 1 is 1.35 bits per heavy atom. The van der Waals surface area contributed by atoms with Crippen molar-refractivity contribution in [2.24, 2.45) is 0 Å². The van der Waals surface area contributed by atoms with Gasteiger partial charge in [-0.1, -0.05) is 0 Å². The van der Waals surface area contributed by atoms with Crippen LogP contribution in [0.3, 0.4) is 0 Å². The maximum atomic E-state index is 11.6. The van der Waals surface area contributed by atoms with Crippen molar-refractivity contribution in [1.82, 2.24) is 15.6 Å². The lowest BCUT2D eigenvalue weighted by Crippen LogP contribution is -2.31. The predicted octanol–water partition coefficient (Wildman–Crippen LogP) is 1.16. The summed E-state index contributed by atoms with van der Waals surface area (Å²) in [6, 6.07) is 3.58. The maximum Gasteiger partial charge on any atom is 0.269 e. The first-order valence-corrected chi connectivity index (χ1v) is 6.80. The minimum Gasteiger partial charge on any atom is -0.384 e. The molecule has 6 nitrogen and oxygen atoms in total. The number of carbonyl (C=O) groups excluding carboxylic acids is 2. The summed E-state index contributed by atoms with van der Waals surface area (Å²) in [4.78, 5) is 27.1. The number of hydrogen-bond donors (Lipinski definition) is 3. The Bertz CT molecular complexity index is 460. The van der Waals surface area contributed by atoms with E-state index < -0.39 is 0 Å². The number of hydrogen-bond acceptors (Lipinski definition) is 4. The summed E-state index contributed by atoms with van der Waals surface area (Å²) in [5, 5.41) is 8.62. The standard InChI is InChI=1S/C14H22N4O2/c1-4-15-14(20)12-9-11(5-7-17-12)16-8-6-13(19)18-10(2)3/h5,7,9-10H,4,6,8H2,1-3H3,(H,15,20)(H,16,17)(H,18,19). The molecule has 0 spiro atoms. The molecule has 0 bridgehead atoms. The quantitative estimate of drug-likeness (QED) is 0.699. The molecular formula is C14H22N4O2. The van der Waals surface area contributed by atoms with Crippen molar-refractivity contribution in [2.75, 3.05) is 18.4 Å². The van der Waals surface area contributed by atoms with E-state index in [0.717, 1.165) is 5.69 Å². The van der Waals surface area contributed by atoms with E-state index in [1.54, 1.807) is 18.3 Å². The van der Waals surface area contributed by atoms with Gasteiger partial charge in [-0.15, -0.1) is 0 Å². The Morgan fingerprint density at radius 3 is 2.75 bits per heavy atom. The van der Waals surface area contributed by atoms with Gasteiger partial charge < -0.3 is 16.0 Å². The molecule has 0 radical (unpaired) electrons. The molecule has 2 amide bonds. The van der Waals surface area contributed by atoms with E-state index in [1.165, 1.54) is 0 Å². The van der Waals surface area contributed by atoms with Crippen LogP contribution in [-0.2, 0) is 4.79 Å². The molecule has 1 aromatic rings. The second kappa shape index (κ2) is 8.14. The van der Waals surface area contributed by atoms with E-state index >= 15 is 0 Å². The minimum absolute atomic E-state index is 0.00510. The molecule has 0 fully saturated rings. The van der Waals surface area contributed by atoms with E-state index in [9.17, 15) is 9.59 Å². The van der Waals surface area contributed by atoms with Crippen LogP contribution in [0.4, 0.5) is 5.69 Å². The number of amides is 2. The third kappa shape index (κ3) is 5.69. The Hall–Kier alpha value is -2.11. The molecule has 0 aromatic carbocycles. The molecule has 1 rings (SSSR count). The number of aromatic nitrogens is 1. The molecule has 3 N–H and O–H groups in total. The van der Waals surface area contributed by atoms with Gasteiger partial charge >= 0.3 is 0 Å². The van der Waals surface area contributed by atoms with Crippen LogP contribution >= 0.6 is 0 Å². The Balaban J connectivity index is 2.46. The summed E-state index contributed by atoms with van der Waals surface area (Å²) in [6.07, 6.45) is 1.96. The summed E-state index contributed by atoms with van der Waals surface area (Å²) in [7, 11) is 0. The van der Waals surface area contributed by atoms with E-state index in [0.29, 0.717) is 25.2 Å². The van der Waals surface area contributed by atoms with Gasteiger partial charge in [-0.2, -0.15) is 0 Å². The number of rotatable bonds is 7. The Labute approximate surface area is 119 Å². The predicted molar refractivity (Wildman–Crippen MR) is 78.6 cm³/mol. The number of carbonyl (C=O) groups is 2. The van der Waals surface area contributed by atoms with Crippen molar-refractivity contribution in [3.63, 3.8) is 0 Å². The van der Waals surface area contributed by atoms with Crippen molar-refractivity contribution < 1.29 is 9.59 Å². The van der Waals surface area contributed by atoms with Gasteiger partial charge in [-0.25, -0.2) is 0 Å². The van der Waals surface area contributed by atoms with E-state index in [1.807, 2.05) is 20.8 Å². The highest BCUT2D eigenvalue weighted by Gasteiger charge is 2.07. The molecule has 0 unspecified atom stereocenters. The van der Waals surface area contributed by atoms with Crippen molar-refractivity contribution in [1.29, 1.82) is 0 Å². The molecule has 1 aromatic heterocycles. The second-order valence-electron chi connectivity index (χ2n) is 4.69. The van der Waals surface area contributed by atoms with Gasteiger partial charge in [-0.05, 0) is 32.9 Å². The topological polar surface area (TPSA) is 83.1 Å². The molecule has 110 valence electrons. The normalized spacial score (nSPS) is 10.2. The van der Waals surface area contributed by atoms with Crippen LogP contribution < -0.4 is 16.0 Å². The zero-order chi connectivity index (χ0) is 15.0. The molecule has 0 saturated carbocycles. The molecular weight excluding hydrogens is 256 g/mol. The lowest BCUT2D eigenvalue weighted by Gasteiger charge is -2.10. The maximum absolute atomic E-state index is 11.6. The molecule has 20 heavy (non-hydrogen) atoms. The molecule has 0 saturated heterocycles. The first kappa shape index (κ1) is 15.9. The molecule has 0 aliphatic carbocycles. The fraction of sp³-hybridized carbons (Fsp3) is 0.500. The summed E-state index contributed by atoms with van der Waals surface area (Å²) >= 11 is 0. The Morgan fingerprint density at radius 2 is 2.10 bits per heavy atom. The number of nitrogens with one attached hydrogen (secondary N) is 3. The zero-order valence-corrected chi connectivity index (χ0v) is 12.2. The number of pyridine rings is 1. The molecule has 1 heterocycles. The van der Waals surface area contributed by atoms with Crippen LogP contribution in [0.25, 0.3) is 0 Å². The van der Waals surface area contributed by atoms with Crippen LogP contribution in [0.2, 0.25) is 0 Å². The van der Waals surface area contributed by atoms with Crippen molar-refractivity contribution in [3.05, 3.63) is 24.0 Å². The second-order valence-corrected chi connectivity index (χ2v) is 4.69. The fourth-order valence-electron chi connectivity index (χ4n) is 1.63. The lowest BCUT2D eigenvalue weighted by atomic mass is 10.3. The first-order valence-electron chi connectivity index (χ1n) is 6.80. The van der Waals surface area contributed by atoms with E-state index in [-0.39, 0.29) is 17.9 Å². The number of anilines is 1. The lowest BCUT2D eigenvalue weighted by molar-refractivity contribution is -0.121. The number of nitrogens with zero attached hydrogens (tertiary/aromatic N) is 1. The van der Waals surface area contributed by atoms with E-state index in [4.69, 9.17) is 0 Å².